The second-order valence-corrected chi connectivity index (χ2v) is 7.49. The highest BCUT2D eigenvalue weighted by Crippen LogP contribution is 2.44. The largest absolute Gasteiger partial charge is 0.290 e. The third-order valence-corrected chi connectivity index (χ3v) is 5.51. The van der Waals surface area contributed by atoms with E-state index in [1.165, 1.54) is 27.8 Å². The van der Waals surface area contributed by atoms with Gasteiger partial charge in [0.05, 0.1) is 0 Å². The number of rotatable bonds is 8. The highest BCUT2D eigenvalue weighted by Gasteiger charge is 2.22. The van der Waals surface area contributed by atoms with E-state index in [4.69, 9.17) is 0 Å². The summed E-state index contributed by atoms with van der Waals surface area (Å²) in [6, 6.07) is 21.1. The van der Waals surface area contributed by atoms with Crippen LogP contribution in [-0.4, -0.2) is 0 Å². The molecule has 145 valence electrons. The molecule has 1 radical (unpaired) electrons. The first kappa shape index (κ1) is 20.2. The van der Waals surface area contributed by atoms with Gasteiger partial charge in [-0.2, -0.15) is 0 Å². The molecule has 0 saturated carbocycles. The van der Waals surface area contributed by atoms with Crippen LogP contribution in [0.25, 0.3) is 22.3 Å². The minimum absolute atomic E-state index is 0.200. The van der Waals surface area contributed by atoms with Crippen molar-refractivity contribution in [2.75, 3.05) is 0 Å². The lowest BCUT2D eigenvalue weighted by Crippen LogP contribution is -2.01. The number of unbranched alkanes of at least 4 members (excludes halogenated alkanes) is 1. The fourth-order valence-corrected chi connectivity index (χ4v) is 4.12. The van der Waals surface area contributed by atoms with Crippen LogP contribution in [0, 0.1) is 0 Å². The molecule has 0 aromatic heterocycles. The van der Waals surface area contributed by atoms with E-state index >= 15 is 0 Å². The molecule has 0 aliphatic rings. The first-order valence-corrected chi connectivity index (χ1v) is 10.7. The van der Waals surface area contributed by atoms with Crippen LogP contribution in [0.3, 0.4) is 0 Å². The molecule has 0 heterocycles. The lowest BCUT2D eigenvalue weighted by atomic mass is 9.82. The summed E-state index contributed by atoms with van der Waals surface area (Å²) in [5, 5.41) is 13.2. The maximum Gasteiger partial charge on any atom is 0.182 e. The molecule has 0 spiro atoms. The first-order valence-electron chi connectivity index (χ1n) is 10.7. The second kappa shape index (κ2) is 9.59. The Labute approximate surface area is 170 Å². The monoisotopic (exact) mass is 371 g/mol. The quantitative estimate of drug-likeness (QED) is 0.382. The molecule has 1 heteroatoms. The Morgan fingerprint density at radius 3 is 2.11 bits per heavy atom. The van der Waals surface area contributed by atoms with E-state index in [-0.39, 0.29) is 5.75 Å². The Morgan fingerprint density at radius 2 is 1.43 bits per heavy atom. The Hall–Kier alpha value is -2.54. The van der Waals surface area contributed by atoms with Gasteiger partial charge in [0.2, 0.25) is 0 Å². The van der Waals surface area contributed by atoms with Crippen LogP contribution in [0.5, 0.6) is 5.75 Å². The van der Waals surface area contributed by atoms with Gasteiger partial charge in [0, 0.05) is 5.56 Å². The first-order chi connectivity index (χ1) is 13.7. The zero-order valence-corrected chi connectivity index (χ0v) is 17.4. The summed E-state index contributed by atoms with van der Waals surface area (Å²) in [5.74, 6) is 0.200. The standard InChI is InChI=1S/C27H31O/c1-4-7-17-24-25(28)19-20(6-3)26(22-15-9-8-10-16-22)27(24)23-18-12-11-14-21(23)13-5-2/h8-12,14-16,18-19H,4-7,13,17H2,1-3H3. The summed E-state index contributed by atoms with van der Waals surface area (Å²) >= 11 is 0. The summed E-state index contributed by atoms with van der Waals surface area (Å²) in [6.07, 6.45) is 5.96. The lowest BCUT2D eigenvalue weighted by molar-refractivity contribution is 0.349. The van der Waals surface area contributed by atoms with Gasteiger partial charge in [-0.1, -0.05) is 88.2 Å². The molecule has 0 bridgehead atoms. The van der Waals surface area contributed by atoms with Gasteiger partial charge in [0.15, 0.2) is 5.75 Å². The molecule has 3 aromatic rings. The predicted molar refractivity (Wildman–Crippen MR) is 119 cm³/mol. The Bertz CT molecular complexity index is 909. The molecule has 0 aliphatic heterocycles. The van der Waals surface area contributed by atoms with E-state index in [1.54, 1.807) is 0 Å². The van der Waals surface area contributed by atoms with Crippen molar-refractivity contribution in [2.45, 2.75) is 59.3 Å². The average molecular weight is 372 g/mol. The molecule has 0 unspecified atom stereocenters. The SMILES string of the molecule is CCCCc1c([O])cc(CC)c(-c2ccccc2)c1-c1ccccc1CCC. The van der Waals surface area contributed by atoms with Crippen molar-refractivity contribution in [1.29, 1.82) is 0 Å². The fourth-order valence-electron chi connectivity index (χ4n) is 4.12. The second-order valence-electron chi connectivity index (χ2n) is 7.49. The minimum Gasteiger partial charge on any atom is -0.290 e. The molecule has 0 atom stereocenters. The molecular weight excluding hydrogens is 340 g/mol. The van der Waals surface area contributed by atoms with Gasteiger partial charge in [-0.15, -0.1) is 0 Å². The van der Waals surface area contributed by atoms with Crippen LogP contribution in [0.15, 0.2) is 60.7 Å². The molecule has 0 N–H and O–H groups in total. The van der Waals surface area contributed by atoms with E-state index in [1.807, 2.05) is 6.07 Å². The molecule has 0 aliphatic carbocycles. The van der Waals surface area contributed by atoms with Crippen molar-refractivity contribution < 1.29 is 5.11 Å². The maximum atomic E-state index is 13.2. The van der Waals surface area contributed by atoms with Gasteiger partial charge in [-0.3, -0.25) is 5.11 Å². The van der Waals surface area contributed by atoms with Crippen molar-refractivity contribution in [3.63, 3.8) is 0 Å². The van der Waals surface area contributed by atoms with Crippen molar-refractivity contribution in [1.82, 2.24) is 0 Å². The van der Waals surface area contributed by atoms with E-state index in [0.29, 0.717) is 0 Å². The molecule has 0 amide bonds. The summed E-state index contributed by atoms with van der Waals surface area (Å²) in [4.78, 5) is 0. The van der Waals surface area contributed by atoms with Crippen LogP contribution in [0.4, 0.5) is 0 Å². The van der Waals surface area contributed by atoms with Crippen LogP contribution in [0.2, 0.25) is 0 Å². The van der Waals surface area contributed by atoms with Crippen molar-refractivity contribution in [2.24, 2.45) is 0 Å². The van der Waals surface area contributed by atoms with Gasteiger partial charge >= 0.3 is 0 Å². The smallest absolute Gasteiger partial charge is 0.182 e. The van der Waals surface area contributed by atoms with Crippen LogP contribution in [-0.2, 0) is 24.4 Å². The number of aryl methyl sites for hydroxylation is 2. The lowest BCUT2D eigenvalue weighted by Gasteiger charge is -2.22. The highest BCUT2D eigenvalue weighted by atomic mass is 16.3. The van der Waals surface area contributed by atoms with Crippen LogP contribution >= 0.6 is 0 Å². The fraction of sp³-hybridized carbons (Fsp3) is 0.333. The topological polar surface area (TPSA) is 19.9 Å². The third kappa shape index (κ3) is 4.14. The molecule has 0 fully saturated rings. The van der Waals surface area contributed by atoms with Crippen molar-refractivity contribution in [3.8, 4) is 28.0 Å². The van der Waals surface area contributed by atoms with Crippen molar-refractivity contribution >= 4 is 0 Å². The predicted octanol–water partition coefficient (Wildman–Crippen LogP) is 8.02. The van der Waals surface area contributed by atoms with Crippen LogP contribution < -0.4 is 0 Å². The van der Waals surface area contributed by atoms with E-state index in [2.05, 4.69) is 75.4 Å². The van der Waals surface area contributed by atoms with Crippen LogP contribution in [0.1, 0.15) is 56.7 Å². The molecule has 1 nitrogen and oxygen atoms in total. The maximum absolute atomic E-state index is 13.2. The number of benzene rings is 3. The molecule has 3 rings (SSSR count). The van der Waals surface area contributed by atoms with Gasteiger partial charge in [-0.05, 0) is 65.1 Å². The number of hydrogen-bond acceptors (Lipinski definition) is 0. The molecular formula is C27H31O. The number of hydrogen-bond donors (Lipinski definition) is 0. The van der Waals surface area contributed by atoms with E-state index in [0.717, 1.165) is 49.7 Å². The molecule has 0 saturated heterocycles. The summed E-state index contributed by atoms with van der Waals surface area (Å²) in [7, 11) is 0. The van der Waals surface area contributed by atoms with E-state index in [9.17, 15) is 5.11 Å². The Kier molecular flexibility index (Phi) is 6.92. The zero-order chi connectivity index (χ0) is 19.9. The van der Waals surface area contributed by atoms with Gasteiger partial charge < -0.3 is 0 Å². The molecule has 3 aromatic carbocycles. The zero-order valence-electron chi connectivity index (χ0n) is 17.4. The minimum atomic E-state index is 0.200. The summed E-state index contributed by atoms with van der Waals surface area (Å²) in [5.41, 5.74) is 8.34. The van der Waals surface area contributed by atoms with Gasteiger partial charge in [0.25, 0.3) is 0 Å². The normalized spacial score (nSPS) is 11.0. The van der Waals surface area contributed by atoms with E-state index < -0.39 is 0 Å². The van der Waals surface area contributed by atoms with Gasteiger partial charge in [-0.25, -0.2) is 0 Å². The highest BCUT2D eigenvalue weighted by molar-refractivity contribution is 5.90. The summed E-state index contributed by atoms with van der Waals surface area (Å²) in [6.45, 7) is 6.55. The average Bonchev–Trinajstić information content (AvgIpc) is 2.73. The summed E-state index contributed by atoms with van der Waals surface area (Å²) < 4.78 is 0. The van der Waals surface area contributed by atoms with Crippen molar-refractivity contribution in [3.05, 3.63) is 77.4 Å². The van der Waals surface area contributed by atoms with Gasteiger partial charge in [0.1, 0.15) is 0 Å². The Morgan fingerprint density at radius 1 is 0.714 bits per heavy atom. The third-order valence-electron chi connectivity index (χ3n) is 5.51. The Balaban J connectivity index is 2.38. The molecule has 28 heavy (non-hydrogen) atoms.